The van der Waals surface area contributed by atoms with Crippen molar-refractivity contribution in [3.8, 4) is 16.9 Å². The maximum atomic E-state index is 12.2. The Morgan fingerprint density at radius 1 is 1.12 bits per heavy atom. The molecule has 0 saturated carbocycles. The second kappa shape index (κ2) is 7.97. The van der Waals surface area contributed by atoms with E-state index < -0.39 is 6.10 Å². The molecule has 2 atom stereocenters. The monoisotopic (exact) mass is 324 g/mol. The van der Waals surface area contributed by atoms with E-state index in [1.165, 1.54) is 5.56 Å². The van der Waals surface area contributed by atoms with Crippen molar-refractivity contribution in [2.45, 2.75) is 31.9 Å². The fourth-order valence-corrected chi connectivity index (χ4v) is 2.91. The Morgan fingerprint density at radius 3 is 2.50 bits per heavy atom. The summed E-state index contributed by atoms with van der Waals surface area (Å²) >= 11 is 0. The first kappa shape index (κ1) is 16.5. The minimum absolute atomic E-state index is 0.0594. The van der Waals surface area contributed by atoms with Gasteiger partial charge >= 0.3 is 0 Å². The lowest BCUT2D eigenvalue weighted by atomic mass is 10.1. The van der Waals surface area contributed by atoms with Crippen molar-refractivity contribution in [1.82, 2.24) is 10.6 Å². The minimum atomic E-state index is -0.505. The van der Waals surface area contributed by atoms with Gasteiger partial charge in [-0.3, -0.25) is 4.79 Å². The number of ether oxygens (including phenoxy) is 1. The number of nitrogens with one attached hydrogen (secondary N) is 2. The summed E-state index contributed by atoms with van der Waals surface area (Å²) in [5.41, 5.74) is 2.30. The SMILES string of the molecule is CC(Oc1ccc(-c2ccccc2)cc1)C(=O)N[C@H]1CCCNC1. The Balaban J connectivity index is 1.56. The molecule has 1 aliphatic heterocycles. The highest BCUT2D eigenvalue weighted by Gasteiger charge is 2.20. The van der Waals surface area contributed by atoms with E-state index in [-0.39, 0.29) is 11.9 Å². The molecule has 1 saturated heterocycles. The van der Waals surface area contributed by atoms with Gasteiger partial charge in [-0.25, -0.2) is 0 Å². The maximum absolute atomic E-state index is 12.2. The molecule has 0 spiro atoms. The van der Waals surface area contributed by atoms with Crippen molar-refractivity contribution >= 4 is 5.91 Å². The highest BCUT2D eigenvalue weighted by atomic mass is 16.5. The zero-order chi connectivity index (χ0) is 16.8. The van der Waals surface area contributed by atoms with Gasteiger partial charge in [0.2, 0.25) is 0 Å². The van der Waals surface area contributed by atoms with Gasteiger partial charge in [0, 0.05) is 12.6 Å². The molecule has 1 amide bonds. The van der Waals surface area contributed by atoms with Crippen LogP contribution in [-0.4, -0.2) is 31.1 Å². The van der Waals surface area contributed by atoms with E-state index in [4.69, 9.17) is 4.74 Å². The van der Waals surface area contributed by atoms with Crippen molar-refractivity contribution in [3.63, 3.8) is 0 Å². The third-order valence-electron chi connectivity index (χ3n) is 4.29. The summed E-state index contributed by atoms with van der Waals surface area (Å²) < 4.78 is 5.78. The number of piperidine rings is 1. The van der Waals surface area contributed by atoms with E-state index in [9.17, 15) is 4.79 Å². The molecule has 0 aromatic heterocycles. The molecule has 1 aliphatic rings. The average Bonchev–Trinajstić information content (AvgIpc) is 2.64. The second-order valence-corrected chi connectivity index (χ2v) is 6.20. The Labute approximate surface area is 143 Å². The Morgan fingerprint density at radius 2 is 1.83 bits per heavy atom. The summed E-state index contributed by atoms with van der Waals surface area (Å²) in [6.07, 6.45) is 1.62. The first-order valence-corrected chi connectivity index (χ1v) is 8.55. The molecular formula is C20H24N2O2. The van der Waals surface area contributed by atoms with Gasteiger partial charge in [0.15, 0.2) is 6.10 Å². The van der Waals surface area contributed by atoms with Gasteiger partial charge < -0.3 is 15.4 Å². The number of amides is 1. The Hall–Kier alpha value is -2.33. The van der Waals surface area contributed by atoms with Crippen LogP contribution in [0.5, 0.6) is 5.75 Å². The number of carbonyl (C=O) groups is 1. The van der Waals surface area contributed by atoms with E-state index >= 15 is 0 Å². The van der Waals surface area contributed by atoms with Crippen LogP contribution in [0.25, 0.3) is 11.1 Å². The van der Waals surface area contributed by atoms with Crippen LogP contribution in [0.1, 0.15) is 19.8 Å². The van der Waals surface area contributed by atoms with E-state index in [0.717, 1.165) is 31.5 Å². The number of hydrogen-bond acceptors (Lipinski definition) is 3. The summed E-state index contributed by atoms with van der Waals surface area (Å²) in [5.74, 6) is 0.648. The molecule has 126 valence electrons. The first-order valence-electron chi connectivity index (χ1n) is 8.55. The van der Waals surface area contributed by atoms with Crippen LogP contribution in [0.15, 0.2) is 54.6 Å². The van der Waals surface area contributed by atoms with Crippen LogP contribution >= 0.6 is 0 Å². The normalized spacial score (nSPS) is 18.6. The van der Waals surface area contributed by atoms with Crippen LogP contribution in [0, 0.1) is 0 Å². The number of rotatable bonds is 5. The van der Waals surface area contributed by atoms with E-state index in [1.807, 2.05) is 42.5 Å². The molecule has 2 N–H and O–H groups in total. The van der Waals surface area contributed by atoms with Crippen molar-refractivity contribution < 1.29 is 9.53 Å². The summed E-state index contributed by atoms with van der Waals surface area (Å²) in [6.45, 7) is 3.66. The zero-order valence-corrected chi connectivity index (χ0v) is 14.0. The molecule has 1 unspecified atom stereocenters. The number of hydrogen-bond donors (Lipinski definition) is 2. The fourth-order valence-electron chi connectivity index (χ4n) is 2.91. The van der Waals surface area contributed by atoms with Crippen molar-refractivity contribution in [3.05, 3.63) is 54.6 Å². The van der Waals surface area contributed by atoms with Crippen LogP contribution in [0.3, 0.4) is 0 Å². The van der Waals surface area contributed by atoms with E-state index in [0.29, 0.717) is 5.75 Å². The molecule has 4 heteroatoms. The lowest BCUT2D eigenvalue weighted by Gasteiger charge is -2.25. The van der Waals surface area contributed by atoms with Gasteiger partial charge in [-0.2, -0.15) is 0 Å². The van der Waals surface area contributed by atoms with Gasteiger partial charge in [0.25, 0.3) is 5.91 Å². The van der Waals surface area contributed by atoms with Crippen LogP contribution in [0.4, 0.5) is 0 Å². The number of benzene rings is 2. The largest absolute Gasteiger partial charge is 0.481 e. The highest BCUT2D eigenvalue weighted by molar-refractivity contribution is 5.81. The zero-order valence-electron chi connectivity index (χ0n) is 14.0. The summed E-state index contributed by atoms with van der Waals surface area (Å²) in [6, 6.07) is 18.2. The predicted octanol–water partition coefficient (Wildman–Crippen LogP) is 2.99. The van der Waals surface area contributed by atoms with Crippen LogP contribution in [-0.2, 0) is 4.79 Å². The molecule has 0 bridgehead atoms. The molecule has 1 fully saturated rings. The van der Waals surface area contributed by atoms with Crippen molar-refractivity contribution in [1.29, 1.82) is 0 Å². The molecular weight excluding hydrogens is 300 g/mol. The third kappa shape index (κ3) is 4.36. The molecule has 2 aromatic carbocycles. The minimum Gasteiger partial charge on any atom is -0.481 e. The summed E-state index contributed by atoms with van der Waals surface area (Å²) in [7, 11) is 0. The average molecular weight is 324 g/mol. The smallest absolute Gasteiger partial charge is 0.261 e. The Bertz CT molecular complexity index is 649. The maximum Gasteiger partial charge on any atom is 0.261 e. The van der Waals surface area contributed by atoms with E-state index in [1.54, 1.807) is 6.92 Å². The quantitative estimate of drug-likeness (QED) is 0.889. The molecule has 24 heavy (non-hydrogen) atoms. The van der Waals surface area contributed by atoms with Gasteiger partial charge in [-0.1, -0.05) is 42.5 Å². The van der Waals surface area contributed by atoms with Crippen LogP contribution in [0.2, 0.25) is 0 Å². The predicted molar refractivity (Wildman–Crippen MR) is 96.0 cm³/mol. The lowest BCUT2D eigenvalue weighted by Crippen LogP contribution is -2.49. The molecule has 0 aliphatic carbocycles. The number of carbonyl (C=O) groups excluding carboxylic acids is 1. The van der Waals surface area contributed by atoms with E-state index in [2.05, 4.69) is 22.8 Å². The van der Waals surface area contributed by atoms with Gasteiger partial charge in [-0.15, -0.1) is 0 Å². The standard InChI is InChI=1S/C20H24N2O2/c1-15(20(23)22-18-8-5-13-21-14-18)24-19-11-9-17(10-12-19)16-6-3-2-4-7-16/h2-4,6-7,9-12,15,18,21H,5,8,13-14H2,1H3,(H,22,23)/t15?,18-/m0/s1. The Kier molecular flexibility index (Phi) is 5.49. The molecule has 3 rings (SSSR count). The molecule has 1 heterocycles. The molecule has 0 radical (unpaired) electrons. The van der Waals surface area contributed by atoms with Crippen molar-refractivity contribution in [2.24, 2.45) is 0 Å². The first-order chi connectivity index (χ1) is 11.7. The fraction of sp³-hybridized carbons (Fsp3) is 0.350. The van der Waals surface area contributed by atoms with Crippen LogP contribution < -0.4 is 15.4 Å². The van der Waals surface area contributed by atoms with Gasteiger partial charge in [0.1, 0.15) is 5.75 Å². The van der Waals surface area contributed by atoms with Gasteiger partial charge in [-0.05, 0) is 49.6 Å². The second-order valence-electron chi connectivity index (χ2n) is 6.20. The topological polar surface area (TPSA) is 50.4 Å². The summed E-state index contributed by atoms with van der Waals surface area (Å²) in [4.78, 5) is 12.2. The highest BCUT2D eigenvalue weighted by Crippen LogP contribution is 2.22. The van der Waals surface area contributed by atoms with Crippen molar-refractivity contribution in [2.75, 3.05) is 13.1 Å². The molecule has 2 aromatic rings. The lowest BCUT2D eigenvalue weighted by molar-refractivity contribution is -0.128. The van der Waals surface area contributed by atoms with Gasteiger partial charge in [0.05, 0.1) is 0 Å². The summed E-state index contributed by atoms with van der Waals surface area (Å²) in [5, 5.41) is 6.34. The molecule has 4 nitrogen and oxygen atoms in total. The third-order valence-corrected chi connectivity index (χ3v) is 4.29.